The molecule has 1 aromatic rings. The molecule has 0 radical (unpaired) electrons. The van der Waals surface area contributed by atoms with Crippen LogP contribution in [-0.2, 0) is 20.3 Å². The van der Waals surface area contributed by atoms with Gasteiger partial charge in [-0.25, -0.2) is 0 Å². The first-order valence-electron chi connectivity index (χ1n) is 6.42. The van der Waals surface area contributed by atoms with Gasteiger partial charge < -0.3 is 14.2 Å². The first kappa shape index (κ1) is 14.8. The van der Waals surface area contributed by atoms with Gasteiger partial charge in [0.05, 0.1) is 23.8 Å². The van der Waals surface area contributed by atoms with E-state index in [2.05, 4.69) is 0 Å². The second kappa shape index (κ2) is 6.26. The number of carbonyl (C=O) groups is 1. The summed E-state index contributed by atoms with van der Waals surface area (Å²) in [5, 5.41) is -0.343. The standard InChI is InChI=1S/C14H18O5S/c1-9(14(15)17-3)10(2)20(16)11-4-5-12-13(8-11)19-7-6-18-12/h4-5,8-10H,6-7H2,1-3H3. The van der Waals surface area contributed by atoms with Gasteiger partial charge in [-0.3, -0.25) is 9.00 Å². The Morgan fingerprint density at radius 2 is 1.90 bits per heavy atom. The molecule has 1 aromatic carbocycles. The second-order valence-electron chi connectivity index (χ2n) is 4.62. The van der Waals surface area contributed by atoms with E-state index in [0.717, 1.165) is 0 Å². The lowest BCUT2D eigenvalue weighted by atomic mass is 10.1. The number of hydrogen-bond acceptors (Lipinski definition) is 5. The lowest BCUT2D eigenvalue weighted by molar-refractivity contribution is -0.144. The highest BCUT2D eigenvalue weighted by atomic mass is 32.2. The van der Waals surface area contributed by atoms with Crippen LogP contribution in [0, 0.1) is 5.92 Å². The lowest BCUT2D eigenvalue weighted by Crippen LogP contribution is -2.28. The average Bonchev–Trinajstić information content (AvgIpc) is 2.51. The predicted octanol–water partition coefficient (Wildman–Crippen LogP) is 1.76. The third-order valence-electron chi connectivity index (χ3n) is 3.36. The van der Waals surface area contributed by atoms with Crippen LogP contribution in [0.4, 0.5) is 0 Å². The maximum absolute atomic E-state index is 12.5. The average molecular weight is 298 g/mol. The van der Waals surface area contributed by atoms with Crippen LogP contribution in [0.5, 0.6) is 11.5 Å². The highest BCUT2D eigenvalue weighted by molar-refractivity contribution is 7.85. The Labute approximate surface area is 120 Å². The normalized spacial score (nSPS) is 17.9. The Morgan fingerprint density at radius 3 is 2.55 bits per heavy atom. The lowest BCUT2D eigenvalue weighted by Gasteiger charge is -2.21. The van der Waals surface area contributed by atoms with E-state index in [1.807, 2.05) is 0 Å². The zero-order chi connectivity index (χ0) is 14.7. The molecule has 2 rings (SSSR count). The van der Waals surface area contributed by atoms with E-state index in [1.165, 1.54) is 7.11 Å². The fraction of sp³-hybridized carbons (Fsp3) is 0.500. The van der Waals surface area contributed by atoms with Crippen LogP contribution in [0.15, 0.2) is 23.1 Å². The van der Waals surface area contributed by atoms with Crippen LogP contribution in [-0.4, -0.2) is 35.8 Å². The number of benzene rings is 1. The van der Waals surface area contributed by atoms with Gasteiger partial charge in [-0.05, 0) is 19.1 Å². The van der Waals surface area contributed by atoms with E-state index in [1.54, 1.807) is 32.0 Å². The summed E-state index contributed by atoms with van der Waals surface area (Å²) in [6.45, 7) is 4.49. The van der Waals surface area contributed by atoms with E-state index < -0.39 is 16.7 Å². The van der Waals surface area contributed by atoms with Gasteiger partial charge in [-0.1, -0.05) is 6.92 Å². The number of rotatable bonds is 4. The number of esters is 1. The molecular weight excluding hydrogens is 280 g/mol. The second-order valence-corrected chi connectivity index (χ2v) is 6.43. The van der Waals surface area contributed by atoms with Crippen molar-refractivity contribution in [2.24, 2.45) is 5.92 Å². The molecule has 0 bridgehead atoms. The van der Waals surface area contributed by atoms with E-state index >= 15 is 0 Å². The molecule has 3 unspecified atom stereocenters. The van der Waals surface area contributed by atoms with Crippen molar-refractivity contribution in [3.63, 3.8) is 0 Å². The molecule has 0 aromatic heterocycles. The molecule has 0 saturated heterocycles. The molecule has 20 heavy (non-hydrogen) atoms. The summed E-state index contributed by atoms with van der Waals surface area (Å²) in [7, 11) is 0.0170. The zero-order valence-corrected chi connectivity index (χ0v) is 12.6. The molecule has 5 nitrogen and oxygen atoms in total. The Hall–Kier alpha value is -1.56. The minimum absolute atomic E-state index is 0.343. The summed E-state index contributed by atoms with van der Waals surface area (Å²) >= 11 is 0. The number of fused-ring (bicyclic) bond motifs is 1. The minimum atomic E-state index is -1.31. The molecule has 0 saturated carbocycles. The maximum Gasteiger partial charge on any atom is 0.309 e. The molecule has 1 aliphatic rings. The van der Waals surface area contributed by atoms with Crippen LogP contribution in [0.2, 0.25) is 0 Å². The summed E-state index contributed by atoms with van der Waals surface area (Å²) in [6.07, 6.45) is 0. The smallest absolute Gasteiger partial charge is 0.309 e. The number of ether oxygens (including phenoxy) is 3. The van der Waals surface area contributed by atoms with Gasteiger partial charge in [-0.2, -0.15) is 0 Å². The first-order chi connectivity index (χ1) is 9.54. The van der Waals surface area contributed by atoms with Gasteiger partial charge in [-0.15, -0.1) is 0 Å². The van der Waals surface area contributed by atoms with Gasteiger partial charge in [0, 0.05) is 16.2 Å². The molecule has 110 valence electrons. The highest BCUT2D eigenvalue weighted by Crippen LogP contribution is 2.32. The van der Waals surface area contributed by atoms with Crippen molar-refractivity contribution >= 4 is 16.8 Å². The summed E-state index contributed by atoms with van der Waals surface area (Å²) in [5.41, 5.74) is 0. The quantitative estimate of drug-likeness (QED) is 0.793. The zero-order valence-electron chi connectivity index (χ0n) is 11.8. The highest BCUT2D eigenvalue weighted by Gasteiger charge is 2.27. The number of hydrogen-bond donors (Lipinski definition) is 0. The summed E-state index contributed by atoms with van der Waals surface area (Å²) < 4.78 is 28.1. The largest absolute Gasteiger partial charge is 0.486 e. The van der Waals surface area contributed by atoms with Crippen LogP contribution >= 0.6 is 0 Å². The Kier molecular flexibility index (Phi) is 4.65. The van der Waals surface area contributed by atoms with Crippen molar-refractivity contribution in [1.82, 2.24) is 0 Å². The van der Waals surface area contributed by atoms with Gasteiger partial charge in [0.15, 0.2) is 11.5 Å². The van der Waals surface area contributed by atoms with Crippen molar-refractivity contribution in [1.29, 1.82) is 0 Å². The molecule has 3 atom stereocenters. The minimum Gasteiger partial charge on any atom is -0.486 e. The van der Waals surface area contributed by atoms with Crippen LogP contribution in [0.1, 0.15) is 13.8 Å². The number of carbonyl (C=O) groups excluding carboxylic acids is 1. The van der Waals surface area contributed by atoms with Crippen LogP contribution in [0.25, 0.3) is 0 Å². The predicted molar refractivity (Wildman–Crippen MR) is 74.5 cm³/mol. The van der Waals surface area contributed by atoms with E-state index in [9.17, 15) is 9.00 Å². The summed E-state index contributed by atoms with van der Waals surface area (Å²) in [6, 6.07) is 5.20. The summed E-state index contributed by atoms with van der Waals surface area (Å²) in [4.78, 5) is 12.1. The van der Waals surface area contributed by atoms with Crippen molar-refractivity contribution in [2.75, 3.05) is 20.3 Å². The van der Waals surface area contributed by atoms with Crippen LogP contribution < -0.4 is 9.47 Å². The van der Waals surface area contributed by atoms with E-state index in [4.69, 9.17) is 14.2 Å². The topological polar surface area (TPSA) is 61.8 Å². The number of methoxy groups -OCH3 is 1. The fourth-order valence-electron chi connectivity index (χ4n) is 1.93. The Balaban J connectivity index is 2.18. The molecule has 0 spiro atoms. The molecule has 0 N–H and O–H groups in total. The Morgan fingerprint density at radius 1 is 1.25 bits per heavy atom. The van der Waals surface area contributed by atoms with E-state index in [0.29, 0.717) is 29.6 Å². The van der Waals surface area contributed by atoms with Crippen molar-refractivity contribution in [3.8, 4) is 11.5 Å². The van der Waals surface area contributed by atoms with Crippen molar-refractivity contribution in [3.05, 3.63) is 18.2 Å². The van der Waals surface area contributed by atoms with Gasteiger partial charge in [0.2, 0.25) is 0 Å². The third kappa shape index (κ3) is 2.95. The maximum atomic E-state index is 12.5. The molecule has 1 aliphatic heterocycles. The van der Waals surface area contributed by atoms with E-state index in [-0.39, 0.29) is 11.2 Å². The molecule has 0 amide bonds. The van der Waals surface area contributed by atoms with Gasteiger partial charge in [0.1, 0.15) is 13.2 Å². The van der Waals surface area contributed by atoms with Crippen LogP contribution in [0.3, 0.4) is 0 Å². The molecule has 1 heterocycles. The van der Waals surface area contributed by atoms with Gasteiger partial charge >= 0.3 is 5.97 Å². The summed E-state index contributed by atoms with van der Waals surface area (Å²) in [5.74, 6) is 0.461. The fourth-order valence-corrected chi connectivity index (χ4v) is 3.26. The molecule has 6 heteroatoms. The Bertz CT molecular complexity index is 528. The molecule has 0 fully saturated rings. The molecular formula is C14H18O5S. The van der Waals surface area contributed by atoms with Crippen molar-refractivity contribution in [2.45, 2.75) is 24.0 Å². The van der Waals surface area contributed by atoms with Crippen molar-refractivity contribution < 1.29 is 23.2 Å². The first-order valence-corrected chi connectivity index (χ1v) is 7.64. The third-order valence-corrected chi connectivity index (χ3v) is 5.16. The molecule has 0 aliphatic carbocycles. The van der Waals surface area contributed by atoms with Gasteiger partial charge in [0.25, 0.3) is 0 Å². The SMILES string of the molecule is COC(=O)C(C)C(C)S(=O)c1ccc2c(c1)OCCO2. The monoisotopic (exact) mass is 298 g/mol.